The topological polar surface area (TPSA) is 80.7 Å². The van der Waals surface area contributed by atoms with Gasteiger partial charge >= 0.3 is 0 Å². The van der Waals surface area contributed by atoms with Crippen LogP contribution in [0.25, 0.3) is 6.08 Å². The number of carbonyl (C=O) groups is 1. The van der Waals surface area contributed by atoms with Gasteiger partial charge in [-0.1, -0.05) is 18.2 Å². The van der Waals surface area contributed by atoms with Gasteiger partial charge in [0, 0.05) is 38.8 Å². The van der Waals surface area contributed by atoms with Crippen molar-refractivity contribution in [3.63, 3.8) is 0 Å². The second-order valence-electron chi connectivity index (χ2n) is 7.70. The number of rotatable bonds is 10. The number of hydrogen-bond donors (Lipinski definition) is 1. The van der Waals surface area contributed by atoms with Crippen LogP contribution in [-0.4, -0.2) is 87.6 Å². The average molecular weight is 457 g/mol. The predicted octanol–water partition coefficient (Wildman–Crippen LogP) is 2.31. The first kappa shape index (κ1) is 24.4. The van der Waals surface area contributed by atoms with Crippen molar-refractivity contribution in [3.05, 3.63) is 54.1 Å². The molecule has 0 saturated carbocycles. The number of ether oxygens (including phenoxy) is 4. The monoisotopic (exact) mass is 456 g/mol. The van der Waals surface area contributed by atoms with Gasteiger partial charge in [-0.15, -0.1) is 0 Å². The fourth-order valence-corrected chi connectivity index (χ4v) is 3.68. The Bertz CT molecular complexity index is 901. The van der Waals surface area contributed by atoms with E-state index in [-0.39, 0.29) is 12.5 Å². The van der Waals surface area contributed by atoms with Crippen LogP contribution in [0, 0.1) is 0 Å². The van der Waals surface area contributed by atoms with E-state index in [9.17, 15) is 9.90 Å². The van der Waals surface area contributed by atoms with Crippen molar-refractivity contribution >= 4 is 12.0 Å². The molecule has 2 aromatic rings. The second-order valence-corrected chi connectivity index (χ2v) is 7.70. The Kier molecular flexibility index (Phi) is 8.97. The number of hydrogen-bond acceptors (Lipinski definition) is 7. The number of aliphatic hydroxyl groups excluding tert-OH is 1. The van der Waals surface area contributed by atoms with E-state index in [1.807, 2.05) is 30.3 Å². The van der Waals surface area contributed by atoms with E-state index >= 15 is 0 Å². The normalized spacial score (nSPS) is 15.3. The van der Waals surface area contributed by atoms with Crippen molar-refractivity contribution in [2.24, 2.45) is 0 Å². The lowest BCUT2D eigenvalue weighted by molar-refractivity contribution is -0.127. The first-order valence-corrected chi connectivity index (χ1v) is 10.9. The minimum atomic E-state index is -0.590. The lowest BCUT2D eigenvalue weighted by Gasteiger charge is -2.35. The molecule has 1 amide bonds. The molecular weight excluding hydrogens is 424 g/mol. The Labute approximate surface area is 194 Å². The largest absolute Gasteiger partial charge is 0.493 e. The first-order valence-electron chi connectivity index (χ1n) is 10.9. The highest BCUT2D eigenvalue weighted by Crippen LogP contribution is 2.38. The molecule has 2 aromatic carbocycles. The van der Waals surface area contributed by atoms with Crippen molar-refractivity contribution in [2.45, 2.75) is 6.10 Å². The highest BCUT2D eigenvalue weighted by molar-refractivity contribution is 5.92. The van der Waals surface area contributed by atoms with Crippen LogP contribution in [0.5, 0.6) is 23.0 Å². The van der Waals surface area contributed by atoms with Crippen LogP contribution in [-0.2, 0) is 4.79 Å². The molecule has 1 fully saturated rings. The minimum absolute atomic E-state index is 0.0589. The van der Waals surface area contributed by atoms with Gasteiger partial charge in [-0.05, 0) is 35.9 Å². The SMILES string of the molecule is COc1cc(/C=C/C(=O)N2CCN(C[C@@H](O)COc3ccccc3)CC2)cc(OC)c1OC. The molecule has 33 heavy (non-hydrogen) atoms. The molecule has 3 rings (SSSR count). The van der Waals surface area contributed by atoms with E-state index in [4.69, 9.17) is 18.9 Å². The Morgan fingerprint density at radius 2 is 1.64 bits per heavy atom. The molecule has 8 heteroatoms. The molecule has 178 valence electrons. The number of nitrogens with zero attached hydrogens (tertiary/aromatic N) is 2. The standard InChI is InChI=1S/C25H32N2O6/c1-30-22-15-19(16-23(31-2)25(22)32-3)9-10-24(29)27-13-11-26(12-14-27)17-20(28)18-33-21-7-5-4-6-8-21/h4-10,15-16,20,28H,11-14,17-18H2,1-3H3/b10-9+/t20-/m1/s1. The van der Waals surface area contributed by atoms with Crippen LogP contribution in [0.2, 0.25) is 0 Å². The summed E-state index contributed by atoms with van der Waals surface area (Å²) in [6.45, 7) is 3.35. The summed E-state index contributed by atoms with van der Waals surface area (Å²) < 4.78 is 21.7. The van der Waals surface area contributed by atoms with Crippen LogP contribution in [0.4, 0.5) is 0 Å². The van der Waals surface area contributed by atoms with Crippen molar-refractivity contribution < 1.29 is 28.8 Å². The quantitative estimate of drug-likeness (QED) is 0.550. The van der Waals surface area contributed by atoms with E-state index in [1.165, 1.54) is 0 Å². The zero-order valence-electron chi connectivity index (χ0n) is 19.4. The molecule has 0 bridgehead atoms. The molecular formula is C25H32N2O6. The van der Waals surface area contributed by atoms with Gasteiger partial charge in [0.1, 0.15) is 18.5 Å². The van der Waals surface area contributed by atoms with E-state index in [0.717, 1.165) is 11.3 Å². The van der Waals surface area contributed by atoms with Gasteiger partial charge < -0.3 is 29.0 Å². The van der Waals surface area contributed by atoms with E-state index < -0.39 is 6.10 Å². The zero-order chi connectivity index (χ0) is 23.6. The van der Waals surface area contributed by atoms with Gasteiger partial charge in [0.2, 0.25) is 11.7 Å². The van der Waals surface area contributed by atoms with E-state index in [1.54, 1.807) is 50.5 Å². The number of benzene rings is 2. The van der Waals surface area contributed by atoms with Crippen molar-refractivity contribution in [1.82, 2.24) is 9.80 Å². The number of amides is 1. The third-order valence-corrected chi connectivity index (χ3v) is 5.44. The summed E-state index contributed by atoms with van der Waals surface area (Å²) in [5.74, 6) is 2.26. The fourth-order valence-electron chi connectivity index (χ4n) is 3.68. The second kappa shape index (κ2) is 12.1. The minimum Gasteiger partial charge on any atom is -0.493 e. The number of β-amino-alcohol motifs (C(OH)–C–C–N with tert-alkyl or cyclic N) is 1. The number of piperazine rings is 1. The summed E-state index contributed by atoms with van der Waals surface area (Å²) in [5, 5.41) is 10.3. The molecule has 0 aromatic heterocycles. The van der Waals surface area contributed by atoms with Crippen LogP contribution in [0.1, 0.15) is 5.56 Å². The van der Waals surface area contributed by atoms with Gasteiger partial charge in [-0.2, -0.15) is 0 Å². The Morgan fingerprint density at radius 3 is 2.21 bits per heavy atom. The molecule has 1 heterocycles. The maximum absolute atomic E-state index is 12.7. The lowest BCUT2D eigenvalue weighted by atomic mass is 10.1. The summed E-state index contributed by atoms with van der Waals surface area (Å²) in [6.07, 6.45) is 2.70. The maximum Gasteiger partial charge on any atom is 0.246 e. The van der Waals surface area contributed by atoms with Crippen LogP contribution in [0.15, 0.2) is 48.5 Å². The van der Waals surface area contributed by atoms with Gasteiger partial charge in [-0.3, -0.25) is 9.69 Å². The first-order chi connectivity index (χ1) is 16.0. The predicted molar refractivity (Wildman–Crippen MR) is 126 cm³/mol. The Balaban J connectivity index is 1.47. The van der Waals surface area contributed by atoms with Crippen LogP contribution >= 0.6 is 0 Å². The lowest BCUT2D eigenvalue weighted by Crippen LogP contribution is -2.50. The zero-order valence-corrected chi connectivity index (χ0v) is 19.4. The van der Waals surface area contributed by atoms with Crippen LogP contribution < -0.4 is 18.9 Å². The number of methoxy groups -OCH3 is 3. The fraction of sp³-hybridized carbons (Fsp3) is 0.400. The van der Waals surface area contributed by atoms with Gasteiger partial charge in [0.25, 0.3) is 0 Å². The Hall–Kier alpha value is -3.23. The molecule has 0 aliphatic carbocycles. The average Bonchev–Trinajstić information content (AvgIpc) is 2.86. The smallest absolute Gasteiger partial charge is 0.246 e. The van der Waals surface area contributed by atoms with Gasteiger partial charge in [0.15, 0.2) is 11.5 Å². The summed E-state index contributed by atoms with van der Waals surface area (Å²) in [4.78, 5) is 16.6. The van der Waals surface area contributed by atoms with Crippen molar-refractivity contribution in [2.75, 3.05) is 60.7 Å². The third kappa shape index (κ3) is 6.87. The molecule has 0 spiro atoms. The maximum atomic E-state index is 12.7. The van der Waals surface area contributed by atoms with Gasteiger partial charge in [0.05, 0.1) is 21.3 Å². The molecule has 1 N–H and O–H groups in total. The summed E-state index contributed by atoms with van der Waals surface area (Å²) in [5.41, 5.74) is 0.776. The van der Waals surface area contributed by atoms with Crippen molar-refractivity contribution in [3.8, 4) is 23.0 Å². The Morgan fingerprint density at radius 1 is 1.00 bits per heavy atom. The highest BCUT2D eigenvalue weighted by Gasteiger charge is 2.22. The van der Waals surface area contributed by atoms with Crippen LogP contribution in [0.3, 0.4) is 0 Å². The third-order valence-electron chi connectivity index (χ3n) is 5.44. The molecule has 8 nitrogen and oxygen atoms in total. The highest BCUT2D eigenvalue weighted by atomic mass is 16.5. The van der Waals surface area contributed by atoms with E-state index in [0.29, 0.717) is 50.0 Å². The van der Waals surface area contributed by atoms with Gasteiger partial charge in [-0.25, -0.2) is 0 Å². The number of carbonyl (C=O) groups excluding carboxylic acids is 1. The number of para-hydroxylation sites is 1. The molecule has 0 unspecified atom stereocenters. The summed E-state index contributed by atoms with van der Waals surface area (Å²) in [6, 6.07) is 13.0. The molecule has 1 aliphatic rings. The molecule has 1 saturated heterocycles. The summed E-state index contributed by atoms with van der Waals surface area (Å²) >= 11 is 0. The van der Waals surface area contributed by atoms with E-state index in [2.05, 4.69) is 4.90 Å². The molecule has 0 radical (unpaired) electrons. The summed E-state index contributed by atoms with van der Waals surface area (Å²) in [7, 11) is 4.66. The van der Waals surface area contributed by atoms with Crippen molar-refractivity contribution in [1.29, 1.82) is 0 Å². The molecule has 1 atom stereocenters. The molecule has 1 aliphatic heterocycles. The number of aliphatic hydroxyl groups is 1.